The number of hydrogen-bond acceptors (Lipinski definition) is 2. The van der Waals surface area contributed by atoms with Gasteiger partial charge in [0.25, 0.3) is 0 Å². The Balaban J connectivity index is 0.00000154. The van der Waals surface area contributed by atoms with E-state index in [1.807, 2.05) is 20.8 Å². The zero-order valence-corrected chi connectivity index (χ0v) is 12.9. The van der Waals surface area contributed by atoms with Crippen LogP contribution in [0.2, 0.25) is 10.2 Å². The largest absolute Gasteiger partial charge is 0.383 e. The fourth-order valence-electron chi connectivity index (χ4n) is 1.36. The van der Waals surface area contributed by atoms with Crippen LogP contribution in [-0.2, 0) is 0 Å². The lowest BCUT2D eigenvalue weighted by molar-refractivity contribution is 0.219. The molecular formula is C15H19Cl2NO. The average Bonchev–Trinajstić information content (AvgIpc) is 2.41. The number of aliphatic hydroxyl groups excluding tert-OH is 1. The first-order valence-electron chi connectivity index (χ1n) is 6.05. The Hall–Kier alpha value is -1.09. The van der Waals surface area contributed by atoms with E-state index in [2.05, 4.69) is 11.6 Å². The first-order chi connectivity index (χ1) is 9.11. The van der Waals surface area contributed by atoms with Crippen LogP contribution in [0.4, 0.5) is 0 Å². The molecule has 1 rings (SSSR count). The molecule has 2 nitrogen and oxygen atoms in total. The van der Waals surface area contributed by atoms with Crippen molar-refractivity contribution >= 4 is 23.2 Å². The molecule has 1 N–H and O–H groups in total. The standard InChI is InChI=1S/C13H13Cl2NO.C2H6/c1-3-5-6-9(4-2)12(17)11-10(14)7-8-16-13(11)15;1-2/h3-8,12,17H,1H2,2H3;1-2H3/b6-5-,9-4+;. The van der Waals surface area contributed by atoms with E-state index in [4.69, 9.17) is 23.2 Å². The molecule has 0 aliphatic rings. The monoisotopic (exact) mass is 299 g/mol. The van der Waals surface area contributed by atoms with Crippen molar-refractivity contribution in [3.05, 3.63) is 64.5 Å². The Labute approximate surface area is 125 Å². The molecule has 1 aromatic heterocycles. The molecule has 0 saturated carbocycles. The van der Waals surface area contributed by atoms with E-state index < -0.39 is 6.10 Å². The number of aliphatic hydroxyl groups is 1. The molecule has 19 heavy (non-hydrogen) atoms. The topological polar surface area (TPSA) is 33.1 Å². The van der Waals surface area contributed by atoms with E-state index >= 15 is 0 Å². The van der Waals surface area contributed by atoms with Gasteiger partial charge in [0.2, 0.25) is 0 Å². The molecule has 104 valence electrons. The van der Waals surface area contributed by atoms with Gasteiger partial charge in [-0.15, -0.1) is 0 Å². The Morgan fingerprint density at radius 3 is 2.53 bits per heavy atom. The molecule has 0 spiro atoms. The van der Waals surface area contributed by atoms with Gasteiger partial charge in [-0.05, 0) is 18.6 Å². The highest BCUT2D eigenvalue weighted by Crippen LogP contribution is 2.33. The van der Waals surface area contributed by atoms with Gasteiger partial charge < -0.3 is 5.11 Å². The molecule has 0 fully saturated rings. The summed E-state index contributed by atoms with van der Waals surface area (Å²) in [5.74, 6) is 0. The second kappa shape index (κ2) is 9.79. The first kappa shape index (κ1) is 17.9. The van der Waals surface area contributed by atoms with Crippen LogP contribution in [0.5, 0.6) is 0 Å². The van der Waals surface area contributed by atoms with Gasteiger partial charge in [-0.2, -0.15) is 0 Å². The predicted molar refractivity (Wildman–Crippen MR) is 83.7 cm³/mol. The molecule has 1 heterocycles. The van der Waals surface area contributed by atoms with Crippen LogP contribution in [0.1, 0.15) is 32.4 Å². The number of pyridine rings is 1. The van der Waals surface area contributed by atoms with E-state index in [-0.39, 0.29) is 5.15 Å². The van der Waals surface area contributed by atoms with Crippen LogP contribution in [0, 0.1) is 0 Å². The lowest BCUT2D eigenvalue weighted by Crippen LogP contribution is -2.02. The van der Waals surface area contributed by atoms with Crippen LogP contribution in [-0.4, -0.2) is 10.1 Å². The summed E-state index contributed by atoms with van der Waals surface area (Å²) in [6, 6.07) is 1.59. The minimum Gasteiger partial charge on any atom is -0.383 e. The minimum atomic E-state index is -0.898. The third kappa shape index (κ3) is 5.19. The highest BCUT2D eigenvalue weighted by Gasteiger charge is 2.18. The van der Waals surface area contributed by atoms with E-state index in [1.165, 1.54) is 6.20 Å². The molecule has 1 unspecified atom stereocenters. The summed E-state index contributed by atoms with van der Waals surface area (Å²) in [4.78, 5) is 3.91. The molecule has 0 radical (unpaired) electrons. The number of aromatic nitrogens is 1. The normalized spacial score (nSPS) is 12.8. The number of rotatable bonds is 4. The third-order valence-electron chi connectivity index (χ3n) is 2.24. The molecule has 0 bridgehead atoms. The molecule has 0 aromatic carbocycles. The van der Waals surface area contributed by atoms with Crippen molar-refractivity contribution < 1.29 is 5.11 Å². The van der Waals surface area contributed by atoms with Crippen LogP contribution >= 0.6 is 23.2 Å². The number of nitrogens with zero attached hydrogens (tertiary/aromatic N) is 1. The maximum absolute atomic E-state index is 10.2. The highest BCUT2D eigenvalue weighted by molar-refractivity contribution is 6.35. The third-order valence-corrected chi connectivity index (χ3v) is 2.87. The molecule has 0 saturated heterocycles. The van der Waals surface area contributed by atoms with Crippen LogP contribution < -0.4 is 0 Å². The summed E-state index contributed by atoms with van der Waals surface area (Å²) in [5.41, 5.74) is 1.10. The smallest absolute Gasteiger partial charge is 0.136 e. The summed E-state index contributed by atoms with van der Waals surface area (Å²) < 4.78 is 0. The summed E-state index contributed by atoms with van der Waals surface area (Å²) in [7, 11) is 0. The Morgan fingerprint density at radius 2 is 2.05 bits per heavy atom. The molecule has 4 heteroatoms. The summed E-state index contributed by atoms with van der Waals surface area (Å²) >= 11 is 11.9. The SMILES string of the molecule is C=C/C=C\C(=C/C)C(O)c1c(Cl)ccnc1Cl.CC. The molecular weight excluding hydrogens is 281 g/mol. The number of halogens is 2. The van der Waals surface area contributed by atoms with Crippen molar-refractivity contribution in [1.82, 2.24) is 4.98 Å². The summed E-state index contributed by atoms with van der Waals surface area (Å²) in [5, 5.41) is 10.8. The minimum absolute atomic E-state index is 0.205. The molecule has 1 atom stereocenters. The van der Waals surface area contributed by atoms with Crippen molar-refractivity contribution in [2.75, 3.05) is 0 Å². The first-order valence-corrected chi connectivity index (χ1v) is 6.80. The van der Waals surface area contributed by atoms with Gasteiger partial charge in [0, 0.05) is 11.8 Å². The van der Waals surface area contributed by atoms with E-state index in [9.17, 15) is 5.11 Å². The second-order valence-corrected chi connectivity index (χ2v) is 4.05. The van der Waals surface area contributed by atoms with Gasteiger partial charge in [-0.1, -0.05) is 67.9 Å². The Kier molecular flexibility index (Phi) is 9.23. The van der Waals surface area contributed by atoms with E-state index in [0.717, 1.165) is 0 Å². The van der Waals surface area contributed by atoms with Gasteiger partial charge >= 0.3 is 0 Å². The maximum atomic E-state index is 10.2. The summed E-state index contributed by atoms with van der Waals surface area (Å²) in [6.45, 7) is 9.40. The number of hydrogen-bond donors (Lipinski definition) is 1. The van der Waals surface area contributed by atoms with Crippen molar-refractivity contribution in [1.29, 1.82) is 0 Å². The predicted octanol–water partition coefficient (Wildman–Crippen LogP) is 5.14. The Morgan fingerprint density at radius 1 is 1.42 bits per heavy atom. The van der Waals surface area contributed by atoms with Crippen molar-refractivity contribution in [3.63, 3.8) is 0 Å². The van der Waals surface area contributed by atoms with Crippen LogP contribution in [0.25, 0.3) is 0 Å². The Bertz CT molecular complexity index is 447. The average molecular weight is 300 g/mol. The fourth-order valence-corrected chi connectivity index (χ4v) is 1.92. The van der Waals surface area contributed by atoms with Gasteiger partial charge in [-0.3, -0.25) is 0 Å². The van der Waals surface area contributed by atoms with E-state index in [0.29, 0.717) is 16.2 Å². The lowest BCUT2D eigenvalue weighted by Gasteiger charge is -2.14. The quantitative estimate of drug-likeness (QED) is 0.617. The lowest BCUT2D eigenvalue weighted by atomic mass is 10.0. The van der Waals surface area contributed by atoms with Crippen LogP contribution in [0.3, 0.4) is 0 Å². The van der Waals surface area contributed by atoms with Gasteiger partial charge in [0.15, 0.2) is 0 Å². The van der Waals surface area contributed by atoms with Crippen LogP contribution in [0.15, 0.2) is 48.7 Å². The zero-order valence-electron chi connectivity index (χ0n) is 11.4. The molecule has 0 amide bonds. The van der Waals surface area contributed by atoms with Crippen molar-refractivity contribution in [2.45, 2.75) is 26.9 Å². The second-order valence-electron chi connectivity index (χ2n) is 3.28. The zero-order chi connectivity index (χ0) is 14.8. The summed E-state index contributed by atoms with van der Waals surface area (Å²) in [6.07, 6.45) is 7.49. The highest BCUT2D eigenvalue weighted by atomic mass is 35.5. The molecule has 0 aliphatic carbocycles. The molecule has 0 aliphatic heterocycles. The van der Waals surface area contributed by atoms with Crippen molar-refractivity contribution in [2.24, 2.45) is 0 Å². The maximum Gasteiger partial charge on any atom is 0.136 e. The number of allylic oxidation sites excluding steroid dienone is 3. The van der Waals surface area contributed by atoms with Gasteiger partial charge in [-0.25, -0.2) is 4.98 Å². The molecule has 1 aromatic rings. The van der Waals surface area contributed by atoms with Gasteiger partial charge in [0.1, 0.15) is 11.3 Å². The fraction of sp³-hybridized carbons (Fsp3) is 0.267. The van der Waals surface area contributed by atoms with Gasteiger partial charge in [0.05, 0.1) is 5.02 Å². The van der Waals surface area contributed by atoms with Crippen molar-refractivity contribution in [3.8, 4) is 0 Å². The van der Waals surface area contributed by atoms with E-state index in [1.54, 1.807) is 30.4 Å².